The number of nitrogens with zero attached hydrogens (tertiary/aromatic N) is 1. The van der Waals surface area contributed by atoms with E-state index < -0.39 is 0 Å². The van der Waals surface area contributed by atoms with Gasteiger partial charge in [-0.1, -0.05) is 37.3 Å². The second kappa shape index (κ2) is 7.70. The van der Waals surface area contributed by atoms with Gasteiger partial charge in [0.1, 0.15) is 0 Å². The fourth-order valence-corrected chi connectivity index (χ4v) is 3.67. The van der Waals surface area contributed by atoms with Crippen LogP contribution in [0.3, 0.4) is 0 Å². The van der Waals surface area contributed by atoms with E-state index in [4.69, 9.17) is 5.73 Å². The van der Waals surface area contributed by atoms with E-state index in [9.17, 15) is 4.79 Å². The van der Waals surface area contributed by atoms with Crippen molar-refractivity contribution in [1.29, 1.82) is 0 Å². The van der Waals surface area contributed by atoms with Crippen molar-refractivity contribution in [2.24, 2.45) is 5.73 Å². The SMILES string of the molecule is CCC1CN(C(=O)C(N)CCc2ccccc2)CCS1. The fraction of sp³-hybridized carbons (Fsp3) is 0.562. The predicted molar refractivity (Wildman–Crippen MR) is 85.9 cm³/mol. The number of amides is 1. The van der Waals surface area contributed by atoms with Gasteiger partial charge < -0.3 is 10.6 Å². The highest BCUT2D eigenvalue weighted by molar-refractivity contribution is 8.00. The third kappa shape index (κ3) is 4.25. The Hall–Kier alpha value is -1.00. The van der Waals surface area contributed by atoms with Crippen LogP contribution in [0, 0.1) is 0 Å². The third-order valence-corrected chi connectivity index (χ3v) is 5.18. The number of hydrogen-bond donors (Lipinski definition) is 1. The van der Waals surface area contributed by atoms with Gasteiger partial charge in [-0.25, -0.2) is 0 Å². The van der Waals surface area contributed by atoms with Crippen LogP contribution in [0.15, 0.2) is 30.3 Å². The van der Waals surface area contributed by atoms with E-state index in [1.165, 1.54) is 5.56 Å². The van der Waals surface area contributed by atoms with Gasteiger partial charge in [-0.3, -0.25) is 4.79 Å². The number of aryl methyl sites for hydroxylation is 1. The van der Waals surface area contributed by atoms with Crippen molar-refractivity contribution in [3.05, 3.63) is 35.9 Å². The van der Waals surface area contributed by atoms with Gasteiger partial charge in [-0.05, 0) is 24.8 Å². The molecule has 1 saturated heterocycles. The maximum absolute atomic E-state index is 12.4. The van der Waals surface area contributed by atoms with Crippen LogP contribution in [0.5, 0.6) is 0 Å². The molecule has 0 saturated carbocycles. The number of benzene rings is 1. The molecule has 1 aliphatic heterocycles. The zero-order valence-electron chi connectivity index (χ0n) is 12.1. The minimum absolute atomic E-state index is 0.125. The highest BCUT2D eigenvalue weighted by atomic mass is 32.2. The zero-order valence-corrected chi connectivity index (χ0v) is 12.9. The topological polar surface area (TPSA) is 46.3 Å². The Morgan fingerprint density at radius 2 is 2.20 bits per heavy atom. The largest absolute Gasteiger partial charge is 0.339 e. The number of carbonyl (C=O) groups excluding carboxylic acids is 1. The minimum atomic E-state index is -0.365. The summed E-state index contributed by atoms with van der Waals surface area (Å²) in [5.74, 6) is 1.16. The maximum Gasteiger partial charge on any atom is 0.239 e. The normalized spacial score (nSPS) is 20.7. The van der Waals surface area contributed by atoms with Crippen molar-refractivity contribution in [2.75, 3.05) is 18.8 Å². The molecule has 1 fully saturated rings. The lowest BCUT2D eigenvalue weighted by atomic mass is 10.0. The first-order valence-corrected chi connectivity index (χ1v) is 8.45. The summed E-state index contributed by atoms with van der Waals surface area (Å²) in [7, 11) is 0. The highest BCUT2D eigenvalue weighted by Gasteiger charge is 2.26. The van der Waals surface area contributed by atoms with E-state index in [0.717, 1.165) is 38.1 Å². The summed E-state index contributed by atoms with van der Waals surface area (Å²) in [6.07, 6.45) is 2.71. The Kier molecular flexibility index (Phi) is 5.92. The monoisotopic (exact) mass is 292 g/mol. The molecule has 2 N–H and O–H groups in total. The fourth-order valence-electron chi connectivity index (χ4n) is 2.49. The lowest BCUT2D eigenvalue weighted by molar-refractivity contribution is -0.132. The number of rotatable bonds is 5. The standard InChI is InChI=1S/C16H24N2OS/c1-2-14-12-18(10-11-20-14)16(19)15(17)9-8-13-6-4-3-5-7-13/h3-7,14-15H,2,8-12,17H2,1H3. The molecule has 0 aromatic heterocycles. The van der Waals surface area contributed by atoms with E-state index in [0.29, 0.717) is 5.25 Å². The maximum atomic E-state index is 12.4. The van der Waals surface area contributed by atoms with Crippen molar-refractivity contribution in [1.82, 2.24) is 4.90 Å². The molecule has 2 unspecified atom stereocenters. The Bertz CT molecular complexity index is 424. The molecular weight excluding hydrogens is 268 g/mol. The van der Waals surface area contributed by atoms with Crippen LogP contribution in [-0.2, 0) is 11.2 Å². The molecule has 1 heterocycles. The molecule has 4 heteroatoms. The first kappa shape index (κ1) is 15.4. The van der Waals surface area contributed by atoms with Crippen molar-refractivity contribution in [2.45, 2.75) is 37.5 Å². The number of carbonyl (C=O) groups is 1. The first-order chi connectivity index (χ1) is 9.70. The summed E-state index contributed by atoms with van der Waals surface area (Å²) >= 11 is 1.97. The van der Waals surface area contributed by atoms with Gasteiger partial charge in [0, 0.05) is 24.1 Å². The molecule has 2 atom stereocenters. The van der Waals surface area contributed by atoms with Gasteiger partial charge in [0.25, 0.3) is 0 Å². The van der Waals surface area contributed by atoms with E-state index in [2.05, 4.69) is 19.1 Å². The Balaban J connectivity index is 1.82. The van der Waals surface area contributed by atoms with E-state index >= 15 is 0 Å². The van der Waals surface area contributed by atoms with Crippen LogP contribution in [-0.4, -0.2) is 40.9 Å². The quantitative estimate of drug-likeness (QED) is 0.906. The smallest absolute Gasteiger partial charge is 0.239 e. The van der Waals surface area contributed by atoms with Gasteiger partial charge in [-0.2, -0.15) is 11.8 Å². The molecule has 110 valence electrons. The van der Waals surface area contributed by atoms with Gasteiger partial charge in [0.15, 0.2) is 0 Å². The molecule has 1 aromatic carbocycles. The lowest BCUT2D eigenvalue weighted by Gasteiger charge is -2.33. The first-order valence-electron chi connectivity index (χ1n) is 7.40. The van der Waals surface area contributed by atoms with Crippen molar-refractivity contribution >= 4 is 17.7 Å². The van der Waals surface area contributed by atoms with E-state index in [1.54, 1.807) is 0 Å². The molecule has 3 nitrogen and oxygen atoms in total. The summed E-state index contributed by atoms with van der Waals surface area (Å²) in [6.45, 7) is 3.89. The van der Waals surface area contributed by atoms with Gasteiger partial charge >= 0.3 is 0 Å². The molecule has 0 bridgehead atoms. The van der Waals surface area contributed by atoms with Crippen LogP contribution < -0.4 is 5.73 Å². The Morgan fingerprint density at radius 3 is 2.90 bits per heavy atom. The molecule has 2 rings (SSSR count). The minimum Gasteiger partial charge on any atom is -0.339 e. The average Bonchev–Trinajstić information content (AvgIpc) is 2.53. The average molecular weight is 292 g/mol. The van der Waals surface area contributed by atoms with Crippen LogP contribution in [0.4, 0.5) is 0 Å². The summed E-state index contributed by atoms with van der Waals surface area (Å²) < 4.78 is 0. The van der Waals surface area contributed by atoms with E-state index in [1.807, 2.05) is 34.9 Å². The second-order valence-electron chi connectivity index (χ2n) is 5.32. The highest BCUT2D eigenvalue weighted by Crippen LogP contribution is 2.21. The molecule has 1 aromatic rings. The summed E-state index contributed by atoms with van der Waals surface area (Å²) in [5.41, 5.74) is 7.33. The van der Waals surface area contributed by atoms with Crippen LogP contribution in [0.2, 0.25) is 0 Å². The number of nitrogens with two attached hydrogens (primary N) is 1. The summed E-state index contributed by atoms with van der Waals surface area (Å²) in [6, 6.07) is 9.86. The van der Waals surface area contributed by atoms with Crippen molar-refractivity contribution < 1.29 is 4.79 Å². The molecule has 0 radical (unpaired) electrons. The summed E-state index contributed by atoms with van der Waals surface area (Å²) in [4.78, 5) is 14.3. The van der Waals surface area contributed by atoms with Gasteiger partial charge in [0.05, 0.1) is 6.04 Å². The van der Waals surface area contributed by atoms with E-state index in [-0.39, 0.29) is 11.9 Å². The Labute approximate surface area is 125 Å². The number of hydrogen-bond acceptors (Lipinski definition) is 3. The molecule has 20 heavy (non-hydrogen) atoms. The van der Waals surface area contributed by atoms with Crippen LogP contribution in [0.1, 0.15) is 25.3 Å². The van der Waals surface area contributed by atoms with Crippen LogP contribution in [0.25, 0.3) is 0 Å². The van der Waals surface area contributed by atoms with Crippen molar-refractivity contribution in [3.8, 4) is 0 Å². The van der Waals surface area contributed by atoms with Crippen molar-refractivity contribution in [3.63, 3.8) is 0 Å². The lowest BCUT2D eigenvalue weighted by Crippen LogP contribution is -2.49. The summed E-state index contributed by atoms with van der Waals surface area (Å²) in [5, 5.41) is 0.578. The zero-order chi connectivity index (χ0) is 14.4. The molecule has 0 aliphatic carbocycles. The predicted octanol–water partition coefficient (Wildman–Crippen LogP) is 2.30. The number of thioether (sulfide) groups is 1. The molecule has 1 aliphatic rings. The van der Waals surface area contributed by atoms with Gasteiger partial charge in [-0.15, -0.1) is 0 Å². The third-order valence-electron chi connectivity index (χ3n) is 3.81. The molecule has 0 spiro atoms. The Morgan fingerprint density at radius 1 is 1.45 bits per heavy atom. The second-order valence-corrected chi connectivity index (χ2v) is 6.72. The molecule has 1 amide bonds. The molecular formula is C16H24N2OS. The van der Waals surface area contributed by atoms with Crippen LogP contribution >= 0.6 is 11.8 Å². The van der Waals surface area contributed by atoms with Gasteiger partial charge in [0.2, 0.25) is 5.91 Å².